The summed E-state index contributed by atoms with van der Waals surface area (Å²) in [6.07, 6.45) is 0. The van der Waals surface area contributed by atoms with E-state index in [0.717, 1.165) is 78.3 Å². The average molecular weight is 879 g/mol. The minimum Gasteiger partial charge on any atom is -0.309 e. The lowest BCUT2D eigenvalue weighted by Gasteiger charge is -2.17. The average Bonchev–Trinajstić information content (AvgIpc) is 4.07. The molecule has 10 aromatic carbocycles. The maximum absolute atomic E-state index is 5.63. The number of aromatic nitrogens is 4. The molecule has 0 spiro atoms. The summed E-state index contributed by atoms with van der Waals surface area (Å²) in [5.41, 5.74) is 18.7. The van der Waals surface area contributed by atoms with Gasteiger partial charge in [0.1, 0.15) is 0 Å². The second kappa shape index (κ2) is 15.7. The molecular weight excluding hydrogens is 837 g/mol. The molecule has 322 valence electrons. The van der Waals surface area contributed by atoms with Gasteiger partial charge in [-0.2, -0.15) is 0 Å². The minimum absolute atomic E-state index is 0.892. The number of rotatable bonds is 7. The predicted molar refractivity (Wildman–Crippen MR) is 289 cm³/mol. The van der Waals surface area contributed by atoms with Crippen LogP contribution in [0.4, 0.5) is 0 Å². The van der Waals surface area contributed by atoms with Crippen LogP contribution in [0.5, 0.6) is 0 Å². The van der Waals surface area contributed by atoms with E-state index in [1.807, 2.05) is 0 Å². The number of hydrogen-bond acceptors (Lipinski definition) is 1. The van der Waals surface area contributed by atoms with E-state index < -0.39 is 0 Å². The van der Waals surface area contributed by atoms with Gasteiger partial charge in [-0.3, -0.25) is 0 Å². The van der Waals surface area contributed by atoms with Crippen LogP contribution in [0.25, 0.3) is 127 Å². The first-order valence-electron chi connectivity index (χ1n) is 23.6. The van der Waals surface area contributed by atoms with Crippen LogP contribution in [-0.2, 0) is 0 Å². The molecule has 4 nitrogen and oxygen atoms in total. The summed E-state index contributed by atoms with van der Waals surface area (Å²) in [6, 6.07) is 92.4. The van der Waals surface area contributed by atoms with Crippen molar-refractivity contribution in [2.45, 2.75) is 0 Å². The largest absolute Gasteiger partial charge is 0.309 e. The van der Waals surface area contributed by atoms with E-state index in [1.54, 1.807) is 0 Å². The summed E-state index contributed by atoms with van der Waals surface area (Å²) in [5.74, 6) is 0. The number of benzene rings is 10. The van der Waals surface area contributed by atoms with Crippen LogP contribution in [0.2, 0.25) is 0 Å². The first kappa shape index (κ1) is 39.0. The van der Waals surface area contributed by atoms with Gasteiger partial charge in [-0.15, -0.1) is 0 Å². The van der Waals surface area contributed by atoms with Crippen molar-refractivity contribution in [3.63, 3.8) is 0 Å². The van der Waals surface area contributed by atoms with Crippen LogP contribution in [0.15, 0.2) is 255 Å². The zero-order valence-corrected chi connectivity index (χ0v) is 37.5. The van der Waals surface area contributed by atoms with E-state index in [0.29, 0.717) is 0 Å². The molecule has 0 radical (unpaired) electrons. The highest BCUT2D eigenvalue weighted by Crippen LogP contribution is 2.40. The van der Waals surface area contributed by atoms with Gasteiger partial charge in [-0.1, -0.05) is 170 Å². The quantitative estimate of drug-likeness (QED) is 0.157. The Hall–Kier alpha value is -9.25. The van der Waals surface area contributed by atoms with Gasteiger partial charge in [0.25, 0.3) is 0 Å². The molecule has 4 heteroatoms. The standard InChI is InChI=1S/C65H42N4/c1-2-17-43(18-3-1)45-19-16-20-46(37-45)58-40-47(44-33-35-49(36-34-44)67-60-27-10-4-21-52(60)53-22-5-11-28-61(53)67)41-59(66-58)48-38-50(68-62-29-12-6-23-54(62)55-24-7-13-30-63(55)68)42-51(39-48)69-64-31-14-8-25-56(64)57-26-9-15-32-65(57)69/h1-42H. The Kier molecular flexibility index (Phi) is 8.86. The second-order valence-electron chi connectivity index (χ2n) is 18.0. The molecule has 0 saturated heterocycles. The highest BCUT2D eigenvalue weighted by molar-refractivity contribution is 6.11. The molecular formula is C65H42N4. The van der Waals surface area contributed by atoms with E-state index in [2.05, 4.69) is 268 Å². The smallest absolute Gasteiger partial charge is 0.0717 e. The van der Waals surface area contributed by atoms with Crippen LogP contribution in [-0.4, -0.2) is 18.7 Å². The number of nitrogens with zero attached hydrogens (tertiary/aromatic N) is 4. The van der Waals surface area contributed by atoms with Crippen LogP contribution in [0.3, 0.4) is 0 Å². The van der Waals surface area contributed by atoms with Gasteiger partial charge >= 0.3 is 0 Å². The third-order valence-corrected chi connectivity index (χ3v) is 14.0. The van der Waals surface area contributed by atoms with Crippen molar-refractivity contribution in [2.24, 2.45) is 0 Å². The summed E-state index contributed by atoms with van der Waals surface area (Å²) in [4.78, 5) is 5.63. The molecule has 0 bridgehead atoms. The van der Waals surface area contributed by atoms with Gasteiger partial charge in [-0.05, 0) is 107 Å². The molecule has 0 atom stereocenters. The SMILES string of the molecule is c1ccc(-c2cccc(-c3cc(-c4ccc(-n5c6ccccc6c6ccccc65)cc4)cc(-c4cc(-n5c6ccccc6c6ccccc65)cc(-n5c6ccccc6c6ccccc65)c4)n3)c2)cc1. The Morgan fingerprint density at radius 1 is 0.203 bits per heavy atom. The lowest BCUT2D eigenvalue weighted by Crippen LogP contribution is -2.01. The Morgan fingerprint density at radius 2 is 0.551 bits per heavy atom. The normalized spacial score (nSPS) is 11.8. The van der Waals surface area contributed by atoms with Gasteiger partial charge in [0.2, 0.25) is 0 Å². The van der Waals surface area contributed by atoms with E-state index in [4.69, 9.17) is 4.98 Å². The van der Waals surface area contributed by atoms with Crippen molar-refractivity contribution in [3.8, 4) is 61.8 Å². The summed E-state index contributed by atoms with van der Waals surface area (Å²) >= 11 is 0. The van der Waals surface area contributed by atoms with E-state index in [9.17, 15) is 0 Å². The highest BCUT2D eigenvalue weighted by atomic mass is 15.0. The van der Waals surface area contributed by atoms with Crippen molar-refractivity contribution in [1.29, 1.82) is 0 Å². The Labute approximate surface area is 398 Å². The second-order valence-corrected chi connectivity index (χ2v) is 18.0. The molecule has 14 aromatic rings. The van der Waals surface area contributed by atoms with Gasteiger partial charge in [0, 0.05) is 60.5 Å². The Morgan fingerprint density at radius 3 is 1.00 bits per heavy atom. The number of fused-ring (bicyclic) bond motifs is 9. The molecule has 0 unspecified atom stereocenters. The Bertz CT molecular complexity index is 4010. The van der Waals surface area contributed by atoms with E-state index >= 15 is 0 Å². The van der Waals surface area contributed by atoms with Crippen molar-refractivity contribution in [2.75, 3.05) is 0 Å². The minimum atomic E-state index is 0.892. The molecule has 0 N–H and O–H groups in total. The third kappa shape index (κ3) is 6.34. The monoisotopic (exact) mass is 878 g/mol. The van der Waals surface area contributed by atoms with Crippen LogP contribution >= 0.6 is 0 Å². The molecule has 4 heterocycles. The topological polar surface area (TPSA) is 27.7 Å². The third-order valence-electron chi connectivity index (χ3n) is 14.0. The molecule has 0 aliphatic rings. The zero-order chi connectivity index (χ0) is 45.4. The fourth-order valence-electron chi connectivity index (χ4n) is 10.9. The molecule has 0 amide bonds. The zero-order valence-electron chi connectivity index (χ0n) is 37.5. The summed E-state index contributed by atoms with van der Waals surface area (Å²) in [7, 11) is 0. The molecule has 0 fully saturated rings. The molecule has 0 aliphatic carbocycles. The van der Waals surface area contributed by atoms with Crippen LogP contribution in [0.1, 0.15) is 0 Å². The van der Waals surface area contributed by atoms with Crippen LogP contribution in [0, 0.1) is 0 Å². The fraction of sp³-hybridized carbons (Fsp3) is 0. The number of hydrogen-bond donors (Lipinski definition) is 0. The number of para-hydroxylation sites is 6. The molecule has 4 aromatic heterocycles. The van der Waals surface area contributed by atoms with Gasteiger partial charge in [0.05, 0.1) is 44.5 Å². The molecule has 0 aliphatic heterocycles. The first-order chi connectivity index (χ1) is 34.2. The van der Waals surface area contributed by atoms with Crippen molar-refractivity contribution >= 4 is 65.4 Å². The van der Waals surface area contributed by atoms with Gasteiger partial charge in [-0.25, -0.2) is 4.98 Å². The summed E-state index contributed by atoms with van der Waals surface area (Å²) < 4.78 is 7.23. The molecule has 0 saturated carbocycles. The van der Waals surface area contributed by atoms with Crippen LogP contribution < -0.4 is 0 Å². The fourth-order valence-corrected chi connectivity index (χ4v) is 10.9. The summed E-state index contributed by atoms with van der Waals surface area (Å²) in [5, 5.41) is 7.40. The van der Waals surface area contributed by atoms with Crippen molar-refractivity contribution in [3.05, 3.63) is 255 Å². The van der Waals surface area contributed by atoms with E-state index in [1.165, 1.54) is 48.9 Å². The maximum Gasteiger partial charge on any atom is 0.0717 e. The summed E-state index contributed by atoms with van der Waals surface area (Å²) in [6.45, 7) is 0. The van der Waals surface area contributed by atoms with E-state index in [-0.39, 0.29) is 0 Å². The first-order valence-corrected chi connectivity index (χ1v) is 23.6. The van der Waals surface area contributed by atoms with Gasteiger partial charge in [0.15, 0.2) is 0 Å². The number of pyridine rings is 1. The lowest BCUT2D eigenvalue weighted by atomic mass is 9.97. The molecule has 69 heavy (non-hydrogen) atoms. The lowest BCUT2D eigenvalue weighted by molar-refractivity contribution is 1.13. The maximum atomic E-state index is 5.63. The molecule has 14 rings (SSSR count). The van der Waals surface area contributed by atoms with Crippen molar-refractivity contribution in [1.82, 2.24) is 18.7 Å². The van der Waals surface area contributed by atoms with Gasteiger partial charge < -0.3 is 13.7 Å². The van der Waals surface area contributed by atoms with Crippen molar-refractivity contribution < 1.29 is 0 Å². The Balaban J connectivity index is 1.01. The predicted octanol–water partition coefficient (Wildman–Crippen LogP) is 17.0. The highest BCUT2D eigenvalue weighted by Gasteiger charge is 2.19.